The summed E-state index contributed by atoms with van der Waals surface area (Å²) in [4.78, 5) is 25.6. The molecule has 7 nitrogen and oxygen atoms in total. The molecule has 0 aromatic heterocycles. The minimum Gasteiger partial charge on any atom is -0.493 e. The second-order valence-corrected chi connectivity index (χ2v) is 8.40. The first-order valence-electron chi connectivity index (χ1n) is 10.7. The lowest BCUT2D eigenvalue weighted by Gasteiger charge is -2.16. The van der Waals surface area contributed by atoms with Crippen LogP contribution in [0.4, 0.5) is 4.39 Å². The summed E-state index contributed by atoms with van der Waals surface area (Å²) in [5, 5.41) is 5.21. The van der Waals surface area contributed by atoms with E-state index in [1.54, 1.807) is 24.3 Å². The van der Waals surface area contributed by atoms with Gasteiger partial charge in [-0.2, -0.15) is 10.1 Å². The van der Waals surface area contributed by atoms with Gasteiger partial charge in [0.15, 0.2) is 11.5 Å². The average molecular weight is 450 g/mol. The molecular formula is C25H23FN2O5. The van der Waals surface area contributed by atoms with Crippen LogP contribution in [0.25, 0.3) is 0 Å². The highest BCUT2D eigenvalue weighted by molar-refractivity contribution is 6.06. The van der Waals surface area contributed by atoms with Crippen LogP contribution in [0.3, 0.4) is 0 Å². The van der Waals surface area contributed by atoms with Crippen LogP contribution in [0, 0.1) is 29.5 Å². The average Bonchev–Trinajstić information content (AvgIpc) is 3.51. The molecular weight excluding hydrogens is 427 g/mol. The van der Waals surface area contributed by atoms with Crippen molar-refractivity contribution in [3.8, 4) is 17.2 Å². The highest BCUT2D eigenvalue weighted by Crippen LogP contribution is 2.52. The molecule has 2 bridgehead atoms. The van der Waals surface area contributed by atoms with Gasteiger partial charge in [0.05, 0.1) is 32.3 Å². The van der Waals surface area contributed by atoms with Crippen LogP contribution in [0.5, 0.6) is 17.2 Å². The first-order valence-corrected chi connectivity index (χ1v) is 10.7. The minimum absolute atomic E-state index is 0.134. The van der Waals surface area contributed by atoms with Gasteiger partial charge >= 0.3 is 0 Å². The molecule has 2 aromatic carbocycles. The molecule has 4 unspecified atom stereocenters. The molecule has 2 aliphatic carbocycles. The number of benzene rings is 2. The Morgan fingerprint density at radius 2 is 1.58 bits per heavy atom. The quantitative estimate of drug-likeness (QED) is 0.366. The number of rotatable bonds is 7. The van der Waals surface area contributed by atoms with Gasteiger partial charge in [-0.15, -0.1) is 0 Å². The van der Waals surface area contributed by atoms with Gasteiger partial charge in [-0.3, -0.25) is 9.59 Å². The number of imide groups is 1. The van der Waals surface area contributed by atoms with Crippen LogP contribution in [-0.4, -0.2) is 37.3 Å². The number of allylic oxidation sites excluding steroid dienone is 2. The zero-order valence-corrected chi connectivity index (χ0v) is 18.2. The Kier molecular flexibility index (Phi) is 5.36. The van der Waals surface area contributed by atoms with Crippen LogP contribution in [0.2, 0.25) is 0 Å². The second-order valence-electron chi connectivity index (χ2n) is 8.40. The SMILES string of the molecule is COc1cc(C=NN2C(=O)C3C4C=CC(C4)C3C2=O)cc(OC)c1OCc1ccc(F)cc1. The number of amides is 2. The zero-order valence-electron chi connectivity index (χ0n) is 18.2. The van der Waals surface area contributed by atoms with Gasteiger partial charge in [0.2, 0.25) is 5.75 Å². The third-order valence-electron chi connectivity index (χ3n) is 6.55. The van der Waals surface area contributed by atoms with Gasteiger partial charge in [0, 0.05) is 5.56 Å². The van der Waals surface area contributed by atoms with E-state index >= 15 is 0 Å². The van der Waals surface area contributed by atoms with Crippen molar-refractivity contribution in [3.05, 3.63) is 65.5 Å². The normalized spacial score (nSPS) is 25.2. The highest BCUT2D eigenvalue weighted by Gasteiger charge is 2.59. The monoisotopic (exact) mass is 450 g/mol. The number of carbonyl (C=O) groups excluding carboxylic acids is 2. The van der Waals surface area contributed by atoms with Crippen LogP contribution < -0.4 is 14.2 Å². The molecule has 1 heterocycles. The largest absolute Gasteiger partial charge is 0.493 e. The fourth-order valence-corrected chi connectivity index (χ4v) is 4.98. The Balaban J connectivity index is 1.36. The van der Waals surface area contributed by atoms with Crippen molar-refractivity contribution < 1.29 is 28.2 Å². The van der Waals surface area contributed by atoms with E-state index < -0.39 is 0 Å². The number of hydrazone groups is 1. The Labute approximate surface area is 190 Å². The Morgan fingerprint density at radius 1 is 1.00 bits per heavy atom. The number of hydrogen-bond donors (Lipinski definition) is 0. The third-order valence-corrected chi connectivity index (χ3v) is 6.55. The van der Waals surface area contributed by atoms with E-state index in [1.165, 1.54) is 32.6 Å². The predicted octanol–water partition coefficient (Wildman–Crippen LogP) is 3.56. The summed E-state index contributed by atoms with van der Waals surface area (Å²) in [6.45, 7) is 0.191. The van der Waals surface area contributed by atoms with Crippen LogP contribution >= 0.6 is 0 Å². The van der Waals surface area contributed by atoms with E-state index in [9.17, 15) is 14.0 Å². The summed E-state index contributed by atoms with van der Waals surface area (Å²) in [6.07, 6.45) is 6.41. The van der Waals surface area contributed by atoms with Gasteiger partial charge in [0.25, 0.3) is 11.8 Å². The zero-order chi connectivity index (χ0) is 23.1. The molecule has 2 amide bonds. The number of carbonyl (C=O) groups is 2. The summed E-state index contributed by atoms with van der Waals surface area (Å²) in [6, 6.07) is 9.37. The van der Waals surface area contributed by atoms with Gasteiger partial charge in [0.1, 0.15) is 12.4 Å². The molecule has 3 aliphatic rings. The van der Waals surface area contributed by atoms with Gasteiger partial charge in [-0.25, -0.2) is 4.39 Å². The van der Waals surface area contributed by atoms with E-state index in [0.717, 1.165) is 17.0 Å². The first-order chi connectivity index (χ1) is 16.0. The Hall–Kier alpha value is -3.68. The molecule has 4 atom stereocenters. The van der Waals surface area contributed by atoms with E-state index in [4.69, 9.17) is 14.2 Å². The highest BCUT2D eigenvalue weighted by atomic mass is 19.1. The Morgan fingerprint density at radius 3 is 2.12 bits per heavy atom. The van der Waals surface area contributed by atoms with Gasteiger partial charge < -0.3 is 14.2 Å². The molecule has 33 heavy (non-hydrogen) atoms. The van der Waals surface area contributed by atoms with Crippen molar-refractivity contribution in [2.45, 2.75) is 13.0 Å². The maximum atomic E-state index is 13.1. The lowest BCUT2D eigenvalue weighted by Crippen LogP contribution is -2.28. The van der Waals surface area contributed by atoms with Gasteiger partial charge in [-0.1, -0.05) is 24.3 Å². The predicted molar refractivity (Wildman–Crippen MR) is 117 cm³/mol. The maximum absolute atomic E-state index is 13.1. The van der Waals surface area contributed by atoms with E-state index in [2.05, 4.69) is 5.10 Å². The standard InChI is InChI=1S/C25H23FN2O5/c1-31-19-9-15(10-20(32-2)23(19)33-13-14-3-7-18(26)8-4-14)12-27-28-24(29)21-16-5-6-17(11-16)22(21)25(28)30/h3-10,12,16-17,21-22H,11,13H2,1-2H3. The number of fused-ring (bicyclic) bond motifs is 5. The van der Waals surface area contributed by atoms with Gasteiger partial charge in [-0.05, 0) is 48.1 Å². The molecule has 5 rings (SSSR count). The molecule has 2 fully saturated rings. The molecule has 1 aliphatic heterocycles. The number of nitrogens with zero attached hydrogens (tertiary/aromatic N) is 2. The fourth-order valence-electron chi connectivity index (χ4n) is 4.98. The third kappa shape index (κ3) is 3.65. The Bertz CT molecular complexity index is 1100. The lowest BCUT2D eigenvalue weighted by molar-refractivity contribution is -0.140. The van der Waals surface area contributed by atoms with Crippen molar-refractivity contribution in [1.29, 1.82) is 0 Å². The molecule has 1 saturated carbocycles. The van der Waals surface area contributed by atoms with E-state index in [-0.39, 0.29) is 47.9 Å². The lowest BCUT2D eigenvalue weighted by atomic mass is 9.85. The molecule has 0 radical (unpaired) electrons. The summed E-state index contributed by atoms with van der Waals surface area (Å²) in [5.41, 5.74) is 1.36. The summed E-state index contributed by atoms with van der Waals surface area (Å²) >= 11 is 0. The number of ether oxygens (including phenoxy) is 3. The van der Waals surface area contributed by atoms with Crippen molar-refractivity contribution in [3.63, 3.8) is 0 Å². The molecule has 170 valence electrons. The van der Waals surface area contributed by atoms with Crippen LogP contribution in [-0.2, 0) is 16.2 Å². The number of methoxy groups -OCH3 is 2. The second kappa shape index (κ2) is 8.35. The molecule has 2 aromatic rings. The fraction of sp³-hybridized carbons (Fsp3) is 0.320. The molecule has 0 N–H and O–H groups in total. The molecule has 1 saturated heterocycles. The van der Waals surface area contributed by atoms with Crippen molar-refractivity contribution in [1.82, 2.24) is 5.01 Å². The van der Waals surface area contributed by atoms with Crippen molar-refractivity contribution in [2.24, 2.45) is 28.8 Å². The van der Waals surface area contributed by atoms with Crippen molar-refractivity contribution in [2.75, 3.05) is 14.2 Å². The van der Waals surface area contributed by atoms with Crippen molar-refractivity contribution >= 4 is 18.0 Å². The molecule has 8 heteroatoms. The minimum atomic E-state index is -0.319. The van der Waals surface area contributed by atoms with E-state index in [1.807, 2.05) is 12.2 Å². The summed E-state index contributed by atoms with van der Waals surface area (Å²) in [5.74, 6) is 0.0579. The van der Waals surface area contributed by atoms with E-state index in [0.29, 0.717) is 22.8 Å². The van der Waals surface area contributed by atoms with Crippen LogP contribution in [0.1, 0.15) is 17.5 Å². The topological polar surface area (TPSA) is 77.4 Å². The molecule has 0 spiro atoms. The maximum Gasteiger partial charge on any atom is 0.254 e. The number of hydrogen-bond acceptors (Lipinski definition) is 6. The van der Waals surface area contributed by atoms with Crippen LogP contribution in [0.15, 0.2) is 53.7 Å². The first kappa shape index (κ1) is 21.2. The summed E-state index contributed by atoms with van der Waals surface area (Å²) in [7, 11) is 3.00. The smallest absolute Gasteiger partial charge is 0.254 e. The summed E-state index contributed by atoms with van der Waals surface area (Å²) < 4.78 is 29.9. The number of halogens is 1.